The molecule has 0 aromatic heterocycles. The number of aromatic hydroxyl groups is 2. The smallest absolute Gasteiger partial charge is 0.217 e. The highest BCUT2D eigenvalue weighted by molar-refractivity contribution is 5.72. The van der Waals surface area contributed by atoms with Crippen molar-refractivity contribution in [2.45, 2.75) is 65.8 Å². The molecule has 2 rings (SSSR count). The molecular weight excluding hydrogens is 338 g/mol. The second-order valence-corrected chi connectivity index (χ2v) is 8.78. The minimum atomic E-state index is -0.0527. The molecule has 2 aromatic carbocycles. The standard InChI is InChI=1S/C14H22O.C9H11NO2/c1-13(2,3)10-8-7-9-11(12(10)15)14(4,5)6;1-7(11)10-6-8-2-4-9(12)5-3-8/h7-9,15H,1-6H3;2-5,12H,6H2,1H3,(H,10,11). The molecular formula is C23H33NO3. The van der Waals surface area contributed by atoms with Crippen LogP contribution in [0.4, 0.5) is 0 Å². The third-order valence-corrected chi connectivity index (χ3v) is 4.13. The Morgan fingerprint density at radius 3 is 1.67 bits per heavy atom. The van der Waals surface area contributed by atoms with Crippen LogP contribution in [0.25, 0.3) is 0 Å². The normalized spacial score (nSPS) is 11.4. The Balaban J connectivity index is 0.000000277. The van der Waals surface area contributed by atoms with E-state index in [1.165, 1.54) is 6.92 Å². The Morgan fingerprint density at radius 2 is 1.30 bits per heavy atom. The molecule has 0 aliphatic rings. The van der Waals surface area contributed by atoms with E-state index in [0.717, 1.165) is 16.7 Å². The SMILES string of the molecule is CC(=O)NCc1ccc(O)cc1.CC(C)(C)c1cccc(C(C)(C)C)c1O. The second kappa shape index (κ2) is 8.94. The Bertz CT molecular complexity index is 718. The highest BCUT2D eigenvalue weighted by Gasteiger charge is 2.24. The summed E-state index contributed by atoms with van der Waals surface area (Å²) in [6, 6.07) is 12.8. The first-order valence-electron chi connectivity index (χ1n) is 9.17. The highest BCUT2D eigenvalue weighted by atomic mass is 16.3. The van der Waals surface area contributed by atoms with Gasteiger partial charge in [-0.3, -0.25) is 4.79 Å². The third kappa shape index (κ3) is 7.33. The molecule has 2 aromatic rings. The largest absolute Gasteiger partial charge is 0.508 e. The first-order valence-corrected chi connectivity index (χ1v) is 9.17. The van der Waals surface area contributed by atoms with Gasteiger partial charge in [0.25, 0.3) is 0 Å². The van der Waals surface area contributed by atoms with E-state index in [2.05, 4.69) is 46.9 Å². The summed E-state index contributed by atoms with van der Waals surface area (Å²) in [5.41, 5.74) is 3.00. The Morgan fingerprint density at radius 1 is 0.852 bits per heavy atom. The molecule has 1 amide bonds. The average molecular weight is 372 g/mol. The van der Waals surface area contributed by atoms with Crippen molar-refractivity contribution in [1.29, 1.82) is 0 Å². The van der Waals surface area contributed by atoms with Gasteiger partial charge in [-0.15, -0.1) is 0 Å². The summed E-state index contributed by atoms with van der Waals surface area (Å²) in [7, 11) is 0. The molecule has 0 saturated heterocycles. The third-order valence-electron chi connectivity index (χ3n) is 4.13. The number of para-hydroxylation sites is 1. The Hall–Kier alpha value is -2.49. The number of phenols is 2. The molecule has 3 N–H and O–H groups in total. The van der Waals surface area contributed by atoms with Crippen LogP contribution in [-0.4, -0.2) is 16.1 Å². The minimum absolute atomic E-state index is 0.00859. The lowest BCUT2D eigenvalue weighted by atomic mass is 9.80. The van der Waals surface area contributed by atoms with E-state index in [0.29, 0.717) is 12.3 Å². The maximum absolute atomic E-state index is 10.5. The van der Waals surface area contributed by atoms with E-state index >= 15 is 0 Å². The van der Waals surface area contributed by atoms with Crippen LogP contribution in [0.2, 0.25) is 0 Å². The van der Waals surface area contributed by atoms with Crippen LogP contribution in [0.1, 0.15) is 65.2 Å². The summed E-state index contributed by atoms with van der Waals surface area (Å²) in [6.07, 6.45) is 0. The van der Waals surface area contributed by atoms with E-state index in [9.17, 15) is 9.90 Å². The van der Waals surface area contributed by atoms with Gasteiger partial charge in [0.15, 0.2) is 0 Å². The monoisotopic (exact) mass is 371 g/mol. The number of hydrogen-bond donors (Lipinski definition) is 3. The van der Waals surface area contributed by atoms with Crippen LogP contribution >= 0.6 is 0 Å². The molecule has 0 heterocycles. The minimum Gasteiger partial charge on any atom is -0.508 e. The van der Waals surface area contributed by atoms with Crippen molar-refractivity contribution in [3.8, 4) is 11.5 Å². The van der Waals surface area contributed by atoms with Crippen LogP contribution in [0.3, 0.4) is 0 Å². The molecule has 0 bridgehead atoms. The van der Waals surface area contributed by atoms with E-state index in [1.807, 2.05) is 18.2 Å². The van der Waals surface area contributed by atoms with Gasteiger partial charge in [-0.25, -0.2) is 0 Å². The first kappa shape index (κ1) is 22.6. The molecule has 0 saturated carbocycles. The van der Waals surface area contributed by atoms with Gasteiger partial charge in [0, 0.05) is 13.5 Å². The number of nitrogens with one attached hydrogen (secondary N) is 1. The van der Waals surface area contributed by atoms with Gasteiger partial charge in [0.2, 0.25) is 5.91 Å². The molecule has 0 aliphatic heterocycles. The van der Waals surface area contributed by atoms with E-state index < -0.39 is 0 Å². The number of carbonyl (C=O) groups excluding carboxylic acids is 1. The molecule has 0 atom stereocenters. The summed E-state index contributed by atoms with van der Waals surface area (Å²) < 4.78 is 0. The van der Waals surface area contributed by atoms with Gasteiger partial charge in [-0.1, -0.05) is 71.9 Å². The number of rotatable bonds is 2. The zero-order chi connectivity index (χ0) is 20.8. The van der Waals surface area contributed by atoms with E-state index in [1.54, 1.807) is 24.3 Å². The molecule has 0 unspecified atom stereocenters. The van der Waals surface area contributed by atoms with Crippen molar-refractivity contribution in [3.05, 3.63) is 59.2 Å². The number of phenolic OH excluding ortho intramolecular Hbond substituents is 2. The molecule has 4 nitrogen and oxygen atoms in total. The van der Waals surface area contributed by atoms with Crippen molar-refractivity contribution < 1.29 is 15.0 Å². The van der Waals surface area contributed by atoms with Crippen LogP contribution in [-0.2, 0) is 22.2 Å². The molecule has 148 valence electrons. The van der Waals surface area contributed by atoms with Crippen LogP contribution in [0.15, 0.2) is 42.5 Å². The van der Waals surface area contributed by atoms with Crippen molar-refractivity contribution in [2.24, 2.45) is 0 Å². The van der Waals surface area contributed by atoms with E-state index in [-0.39, 0.29) is 22.5 Å². The molecule has 0 aliphatic carbocycles. The van der Waals surface area contributed by atoms with Gasteiger partial charge >= 0.3 is 0 Å². The predicted octanol–water partition coefficient (Wildman–Crippen LogP) is 5.02. The van der Waals surface area contributed by atoms with Gasteiger partial charge in [-0.2, -0.15) is 0 Å². The lowest BCUT2D eigenvalue weighted by Gasteiger charge is -2.26. The lowest BCUT2D eigenvalue weighted by Crippen LogP contribution is -2.18. The average Bonchev–Trinajstić information content (AvgIpc) is 2.53. The van der Waals surface area contributed by atoms with Crippen molar-refractivity contribution in [1.82, 2.24) is 5.32 Å². The first-order chi connectivity index (χ1) is 12.3. The Kier molecular flexibility index (Phi) is 7.46. The molecule has 0 fully saturated rings. The van der Waals surface area contributed by atoms with E-state index in [4.69, 9.17) is 5.11 Å². The fourth-order valence-corrected chi connectivity index (χ4v) is 2.59. The number of amides is 1. The van der Waals surface area contributed by atoms with Crippen LogP contribution in [0, 0.1) is 0 Å². The summed E-state index contributed by atoms with van der Waals surface area (Å²) >= 11 is 0. The lowest BCUT2D eigenvalue weighted by molar-refractivity contribution is -0.119. The van der Waals surface area contributed by atoms with Gasteiger partial charge in [0.05, 0.1) is 0 Å². The van der Waals surface area contributed by atoms with Gasteiger partial charge < -0.3 is 15.5 Å². The van der Waals surface area contributed by atoms with Crippen LogP contribution in [0.5, 0.6) is 11.5 Å². The zero-order valence-electron chi connectivity index (χ0n) is 17.6. The van der Waals surface area contributed by atoms with Crippen molar-refractivity contribution >= 4 is 5.91 Å². The molecule has 4 heteroatoms. The fourth-order valence-electron chi connectivity index (χ4n) is 2.59. The van der Waals surface area contributed by atoms with Crippen molar-refractivity contribution in [3.63, 3.8) is 0 Å². The second-order valence-electron chi connectivity index (χ2n) is 8.78. The summed E-state index contributed by atoms with van der Waals surface area (Å²) in [5.74, 6) is 0.641. The van der Waals surface area contributed by atoms with Gasteiger partial charge in [-0.05, 0) is 39.7 Å². The number of benzene rings is 2. The predicted molar refractivity (Wildman–Crippen MR) is 111 cm³/mol. The number of hydrogen-bond acceptors (Lipinski definition) is 3. The van der Waals surface area contributed by atoms with Gasteiger partial charge in [0.1, 0.15) is 11.5 Å². The maximum Gasteiger partial charge on any atom is 0.217 e. The quantitative estimate of drug-likeness (QED) is 0.694. The Labute approximate surface area is 163 Å². The summed E-state index contributed by atoms with van der Waals surface area (Å²) in [6.45, 7) is 14.7. The van der Waals surface area contributed by atoms with Crippen LogP contribution < -0.4 is 5.32 Å². The number of carbonyl (C=O) groups is 1. The highest BCUT2D eigenvalue weighted by Crippen LogP contribution is 2.38. The maximum atomic E-state index is 10.5. The van der Waals surface area contributed by atoms with Crippen molar-refractivity contribution in [2.75, 3.05) is 0 Å². The molecule has 27 heavy (non-hydrogen) atoms. The fraction of sp³-hybridized carbons (Fsp3) is 0.435. The summed E-state index contributed by atoms with van der Waals surface area (Å²) in [4.78, 5) is 10.5. The molecule has 0 spiro atoms. The summed E-state index contributed by atoms with van der Waals surface area (Å²) in [5, 5.41) is 21.9. The topological polar surface area (TPSA) is 69.6 Å². The zero-order valence-corrected chi connectivity index (χ0v) is 17.6. The molecule has 0 radical (unpaired) electrons.